The highest BCUT2D eigenvalue weighted by Crippen LogP contribution is 2.43. The average Bonchev–Trinajstić information content (AvgIpc) is 3.72. The number of sulfonamides is 1. The number of hydrazine groups is 1. The smallest absolute Gasteiger partial charge is 0.268 e. The second kappa shape index (κ2) is 18.5. The van der Waals surface area contributed by atoms with Gasteiger partial charge in [0.2, 0.25) is 5.88 Å². The fourth-order valence-electron chi connectivity index (χ4n) is 9.59. The zero-order valence-corrected chi connectivity index (χ0v) is 36.9. The second-order valence-corrected chi connectivity index (χ2v) is 20.7. The Bertz CT molecular complexity index is 2150. The molecule has 2 saturated heterocycles. The van der Waals surface area contributed by atoms with Gasteiger partial charge in [-0.2, -0.15) is 0 Å². The van der Waals surface area contributed by atoms with Gasteiger partial charge in [-0.15, -0.1) is 0 Å². The van der Waals surface area contributed by atoms with E-state index in [4.69, 9.17) is 32.7 Å². The van der Waals surface area contributed by atoms with Gasteiger partial charge in [0.15, 0.2) is 0 Å². The van der Waals surface area contributed by atoms with E-state index >= 15 is 0 Å². The number of aliphatic hydroxyl groups excluding tert-OH is 1. The number of fused-ring (bicyclic) bond motifs is 1. The first-order chi connectivity index (χ1) is 28.8. The number of halogens is 2. The van der Waals surface area contributed by atoms with E-state index in [1.54, 1.807) is 6.07 Å². The number of hydrogen-bond acceptors (Lipinski definition) is 11. The van der Waals surface area contributed by atoms with Crippen molar-refractivity contribution in [3.8, 4) is 11.6 Å². The van der Waals surface area contributed by atoms with E-state index in [0.717, 1.165) is 120 Å². The number of hydrogen-bond donors (Lipinski definition) is 4. The summed E-state index contributed by atoms with van der Waals surface area (Å²) in [5, 5.41) is 10.6. The zero-order chi connectivity index (χ0) is 42.0. The fourth-order valence-corrected chi connectivity index (χ4v) is 10.9. The fraction of sp³-hybridized carbons (Fsp3) is 0.556. The van der Waals surface area contributed by atoms with Crippen molar-refractivity contribution in [3.63, 3.8) is 0 Å². The number of aliphatic hydroxyl groups is 1. The molecule has 0 spiro atoms. The third-order valence-electron chi connectivity index (χ3n) is 13.2. The minimum atomic E-state index is -4.36. The first-order valence-corrected chi connectivity index (χ1v) is 23.8. The van der Waals surface area contributed by atoms with Crippen LogP contribution in [0.3, 0.4) is 0 Å². The summed E-state index contributed by atoms with van der Waals surface area (Å²) in [6.07, 6.45) is 9.96. The van der Waals surface area contributed by atoms with Gasteiger partial charge in [-0.25, -0.2) is 18.1 Å². The number of amides is 1. The molecule has 1 amide bonds. The Morgan fingerprint density at radius 1 is 1.00 bits per heavy atom. The SMILES string of the molecule is CC1(C)CCC(CN2CCN(c3ccc(C(=O)NS(=O)(=O)c4cnc(OCC5CCC(O)CC5)c(Cl)c4)c(OC4CCCC5NNCC54)c3)CC2)=C(c2ccc(Cl)cc2)C1. The first kappa shape index (κ1) is 43.2. The van der Waals surface area contributed by atoms with Gasteiger partial charge in [0.05, 0.1) is 24.5 Å². The number of aromatic nitrogens is 1. The normalized spacial score (nSPS) is 26.1. The van der Waals surface area contributed by atoms with E-state index in [1.807, 2.05) is 24.3 Å². The standard InChI is InChI=1S/C45H58Cl2N6O6S/c1-45(2)17-16-31(37(24-45)30-8-10-32(46)11-9-30)27-52-18-20-53(21-19-52)33-12-15-36(42(22-33)59-41-5-3-4-40-38(41)26-49-50-40)43(55)51-60(56,57)35-23-39(47)44(48-25-35)58-28-29-6-13-34(54)14-7-29/h8-12,15,22-23,25,29,34,38,40-41,49-50,54H,3-7,13-14,16-21,24,26-28H2,1-2H3,(H,51,55). The maximum atomic E-state index is 14.0. The number of benzene rings is 2. The van der Waals surface area contributed by atoms with Crippen molar-refractivity contribution in [2.45, 2.75) is 101 Å². The lowest BCUT2D eigenvalue weighted by Gasteiger charge is -2.39. The molecule has 0 bridgehead atoms. The van der Waals surface area contributed by atoms with E-state index in [1.165, 1.54) is 22.8 Å². The molecular weight excluding hydrogens is 824 g/mol. The van der Waals surface area contributed by atoms with Crippen LogP contribution in [-0.2, 0) is 10.0 Å². The van der Waals surface area contributed by atoms with Crippen molar-refractivity contribution in [2.75, 3.05) is 50.8 Å². The highest BCUT2D eigenvalue weighted by Gasteiger charge is 2.39. The van der Waals surface area contributed by atoms with Gasteiger partial charge in [0, 0.05) is 68.0 Å². The lowest BCUT2D eigenvalue weighted by atomic mass is 9.72. The topological polar surface area (TPSA) is 145 Å². The Hall–Kier alpha value is -3.43. The van der Waals surface area contributed by atoms with Crippen LogP contribution in [-0.4, -0.2) is 93.4 Å². The van der Waals surface area contributed by atoms with Crippen molar-refractivity contribution < 1.29 is 27.8 Å². The molecule has 324 valence electrons. The largest absolute Gasteiger partial charge is 0.489 e. The molecule has 2 aromatic carbocycles. The summed E-state index contributed by atoms with van der Waals surface area (Å²) >= 11 is 12.7. The van der Waals surface area contributed by atoms with Crippen LogP contribution in [0.15, 0.2) is 65.2 Å². The maximum absolute atomic E-state index is 14.0. The van der Waals surface area contributed by atoms with E-state index in [-0.39, 0.29) is 56.9 Å². The van der Waals surface area contributed by atoms with Crippen LogP contribution in [0.1, 0.15) is 94.0 Å². The number of nitrogens with one attached hydrogen (secondary N) is 3. The molecular formula is C45H58Cl2N6O6S. The van der Waals surface area contributed by atoms with Gasteiger partial charge in [0.25, 0.3) is 15.9 Å². The monoisotopic (exact) mass is 880 g/mol. The molecule has 4 fully saturated rings. The number of pyridine rings is 1. The third-order valence-corrected chi connectivity index (χ3v) is 15.1. The maximum Gasteiger partial charge on any atom is 0.268 e. The van der Waals surface area contributed by atoms with E-state index in [9.17, 15) is 18.3 Å². The molecule has 4 N–H and O–H groups in total. The van der Waals surface area contributed by atoms with Gasteiger partial charge >= 0.3 is 0 Å². The van der Waals surface area contributed by atoms with Crippen molar-refractivity contribution in [1.82, 2.24) is 25.5 Å². The Kier molecular flexibility index (Phi) is 13.3. The molecule has 5 aliphatic rings. The van der Waals surface area contributed by atoms with Crippen LogP contribution in [0, 0.1) is 17.3 Å². The summed E-state index contributed by atoms with van der Waals surface area (Å²) in [4.78, 5) is 22.8. The Balaban J connectivity index is 0.967. The minimum Gasteiger partial charge on any atom is -0.489 e. The van der Waals surface area contributed by atoms with Crippen molar-refractivity contribution in [3.05, 3.63) is 81.5 Å². The summed E-state index contributed by atoms with van der Waals surface area (Å²) in [7, 11) is -4.36. The first-order valence-electron chi connectivity index (χ1n) is 21.6. The molecule has 2 aliphatic heterocycles. The summed E-state index contributed by atoms with van der Waals surface area (Å²) < 4.78 is 42.1. The highest BCUT2D eigenvalue weighted by atomic mass is 35.5. The quantitative estimate of drug-likeness (QED) is 0.146. The number of carbonyl (C=O) groups excluding carboxylic acids is 1. The van der Waals surface area contributed by atoms with Crippen LogP contribution in [0.25, 0.3) is 5.57 Å². The van der Waals surface area contributed by atoms with Crippen LogP contribution < -0.4 is 29.9 Å². The molecule has 0 radical (unpaired) electrons. The summed E-state index contributed by atoms with van der Waals surface area (Å²) in [5.41, 5.74) is 12.2. The van der Waals surface area contributed by atoms with E-state index < -0.39 is 15.9 Å². The molecule has 3 atom stereocenters. The van der Waals surface area contributed by atoms with Gasteiger partial charge in [0.1, 0.15) is 21.8 Å². The molecule has 8 rings (SSSR count). The number of piperazine rings is 1. The Morgan fingerprint density at radius 3 is 2.52 bits per heavy atom. The molecule has 3 aliphatic carbocycles. The molecule has 12 nitrogen and oxygen atoms in total. The van der Waals surface area contributed by atoms with E-state index in [0.29, 0.717) is 12.4 Å². The second-order valence-electron chi connectivity index (χ2n) is 18.1. The van der Waals surface area contributed by atoms with Gasteiger partial charge in [-0.05, 0) is 117 Å². The van der Waals surface area contributed by atoms with Gasteiger partial charge < -0.3 is 19.5 Å². The number of allylic oxidation sites excluding steroid dienone is 1. The number of ether oxygens (including phenoxy) is 2. The average molecular weight is 882 g/mol. The van der Waals surface area contributed by atoms with Crippen LogP contribution >= 0.6 is 23.2 Å². The molecule has 3 heterocycles. The predicted molar refractivity (Wildman–Crippen MR) is 235 cm³/mol. The van der Waals surface area contributed by atoms with Gasteiger partial charge in [-0.1, -0.05) is 54.8 Å². The summed E-state index contributed by atoms with van der Waals surface area (Å²) in [6.45, 7) is 10.1. The number of carbonyl (C=O) groups is 1. The van der Waals surface area contributed by atoms with Crippen molar-refractivity contribution in [2.24, 2.45) is 17.3 Å². The third kappa shape index (κ3) is 10.3. The predicted octanol–water partition coefficient (Wildman–Crippen LogP) is 7.25. The van der Waals surface area contributed by atoms with Crippen molar-refractivity contribution >= 4 is 50.4 Å². The highest BCUT2D eigenvalue weighted by molar-refractivity contribution is 7.90. The minimum absolute atomic E-state index is 0.0293. The number of rotatable bonds is 12. The van der Waals surface area contributed by atoms with Crippen LogP contribution in [0.2, 0.25) is 10.0 Å². The zero-order valence-electron chi connectivity index (χ0n) is 34.6. The molecule has 60 heavy (non-hydrogen) atoms. The summed E-state index contributed by atoms with van der Waals surface area (Å²) in [5.74, 6) is 0.154. The molecule has 1 aromatic heterocycles. The molecule has 2 saturated carbocycles. The van der Waals surface area contributed by atoms with Crippen LogP contribution in [0.4, 0.5) is 5.69 Å². The molecule has 3 unspecified atom stereocenters. The Labute approximate surface area is 364 Å². The summed E-state index contributed by atoms with van der Waals surface area (Å²) in [6, 6.07) is 15.2. The Morgan fingerprint density at radius 2 is 1.77 bits per heavy atom. The number of nitrogens with zero attached hydrogens (tertiary/aromatic N) is 3. The van der Waals surface area contributed by atoms with Crippen molar-refractivity contribution in [1.29, 1.82) is 0 Å². The molecule has 3 aromatic rings. The lowest BCUT2D eigenvalue weighted by Crippen LogP contribution is -2.47. The number of anilines is 1. The van der Waals surface area contributed by atoms with E-state index in [2.05, 4.69) is 56.3 Å². The van der Waals surface area contributed by atoms with Crippen LogP contribution in [0.5, 0.6) is 11.6 Å². The molecule has 15 heteroatoms. The lowest BCUT2D eigenvalue weighted by molar-refractivity contribution is 0.0876. The van der Waals surface area contributed by atoms with Gasteiger partial charge in [-0.3, -0.25) is 20.5 Å².